The summed E-state index contributed by atoms with van der Waals surface area (Å²) in [5.74, 6) is 6.78. The predicted molar refractivity (Wildman–Crippen MR) is 173 cm³/mol. The Morgan fingerprint density at radius 3 is 2.43 bits per heavy atom. The fourth-order valence-electron chi connectivity index (χ4n) is 6.47. The number of anilines is 1. The molecule has 0 radical (unpaired) electrons. The van der Waals surface area contributed by atoms with Crippen LogP contribution in [0, 0.1) is 29.1 Å². The van der Waals surface area contributed by atoms with E-state index in [0.29, 0.717) is 16.5 Å². The van der Waals surface area contributed by atoms with E-state index in [-0.39, 0.29) is 34.3 Å². The highest BCUT2D eigenvalue weighted by Gasteiger charge is 2.38. The fraction of sp³-hybridized carbons (Fsp3) is 0.629. The number of amides is 1. The van der Waals surface area contributed by atoms with Crippen molar-refractivity contribution in [2.24, 2.45) is 17.3 Å². The number of carbonyl (C=O) groups is 2. The van der Waals surface area contributed by atoms with Gasteiger partial charge in [0.1, 0.15) is 10.6 Å². The molecule has 3 fully saturated rings. The number of aromatic carboxylic acids is 1. The summed E-state index contributed by atoms with van der Waals surface area (Å²) in [6.45, 7) is 12.5. The quantitative estimate of drug-likeness (QED) is 0.331. The third kappa shape index (κ3) is 8.62. The number of carboxylic acids is 1. The van der Waals surface area contributed by atoms with E-state index in [1.54, 1.807) is 6.20 Å². The maximum atomic E-state index is 14.2. The summed E-state index contributed by atoms with van der Waals surface area (Å²) >= 11 is 1.17. The number of aromatic nitrogens is 1. The van der Waals surface area contributed by atoms with E-state index in [2.05, 4.69) is 34.7 Å². The lowest BCUT2D eigenvalue weighted by atomic mass is 9.81. The minimum absolute atomic E-state index is 0.0220. The fourth-order valence-corrected chi connectivity index (χ4v) is 7.31. The molecule has 1 aliphatic heterocycles. The number of nitrogens with zero attached hydrogens (tertiary/aromatic N) is 3. The van der Waals surface area contributed by atoms with Gasteiger partial charge in [0.25, 0.3) is 0 Å². The zero-order valence-corrected chi connectivity index (χ0v) is 27.5. The molecular weight excluding hydrogens is 574 g/mol. The van der Waals surface area contributed by atoms with Gasteiger partial charge in [-0.3, -0.25) is 14.7 Å². The van der Waals surface area contributed by atoms with Crippen molar-refractivity contribution >= 4 is 28.9 Å². The van der Waals surface area contributed by atoms with Crippen LogP contribution in [0.15, 0.2) is 24.5 Å². The zero-order chi connectivity index (χ0) is 31.3. The number of pyridine rings is 1. The van der Waals surface area contributed by atoms with Crippen molar-refractivity contribution in [2.45, 2.75) is 97.8 Å². The molecule has 1 saturated heterocycles. The Bertz CT molecular complexity index is 1350. The van der Waals surface area contributed by atoms with Crippen LogP contribution < -0.4 is 9.64 Å². The van der Waals surface area contributed by atoms with E-state index in [9.17, 15) is 14.7 Å². The van der Waals surface area contributed by atoms with Gasteiger partial charge < -0.3 is 19.5 Å². The van der Waals surface area contributed by atoms with Gasteiger partial charge in [0.2, 0.25) is 5.91 Å². The highest BCUT2D eigenvalue weighted by Crippen LogP contribution is 2.39. The standard InChI is InChI=1S/C35H47N3O5S/c1-24-5-7-26(8-6-24)33(39)38(31-20-30(13-14-35(2,3)4)44-32(31)34(40)41)27-9-11-28(12-10-27)43-29-19-25(21-36-22-29)23-37-15-17-42-18-16-37/h19-22,24,26-28H,5-12,15-18,23H2,1-4H3,(H,40,41). The average molecular weight is 622 g/mol. The predicted octanol–water partition coefficient (Wildman–Crippen LogP) is 6.62. The Hall–Kier alpha value is -2.93. The van der Waals surface area contributed by atoms with E-state index < -0.39 is 5.97 Å². The van der Waals surface area contributed by atoms with Crippen LogP contribution in [-0.2, 0) is 16.1 Å². The van der Waals surface area contributed by atoms with Gasteiger partial charge in [-0.2, -0.15) is 0 Å². The second-order valence-corrected chi connectivity index (χ2v) is 14.8. The Kier molecular flexibility index (Phi) is 10.7. The SMILES string of the molecule is CC1CCC(C(=O)N(c2cc(C#CC(C)(C)C)sc2C(=O)O)C2CCC(Oc3cncc(CN4CCOCC4)c3)CC2)CC1. The van der Waals surface area contributed by atoms with Crippen LogP contribution in [0.3, 0.4) is 0 Å². The molecule has 5 rings (SSSR count). The van der Waals surface area contributed by atoms with E-state index >= 15 is 0 Å². The van der Waals surface area contributed by atoms with Crippen molar-refractivity contribution in [3.05, 3.63) is 39.8 Å². The molecular formula is C35H47N3O5S. The van der Waals surface area contributed by atoms with Crippen LogP contribution in [0.5, 0.6) is 5.75 Å². The van der Waals surface area contributed by atoms with Crippen molar-refractivity contribution in [3.63, 3.8) is 0 Å². The van der Waals surface area contributed by atoms with Crippen molar-refractivity contribution in [2.75, 3.05) is 31.2 Å². The van der Waals surface area contributed by atoms with Crippen molar-refractivity contribution < 1.29 is 24.2 Å². The van der Waals surface area contributed by atoms with Crippen LogP contribution in [0.2, 0.25) is 0 Å². The third-order valence-corrected chi connectivity index (χ3v) is 9.95. The first-order valence-electron chi connectivity index (χ1n) is 16.2. The summed E-state index contributed by atoms with van der Waals surface area (Å²) in [6, 6.07) is 3.84. The molecule has 0 atom stereocenters. The average Bonchev–Trinajstić information content (AvgIpc) is 3.42. The molecule has 8 nitrogen and oxygen atoms in total. The lowest BCUT2D eigenvalue weighted by molar-refractivity contribution is -0.124. The van der Waals surface area contributed by atoms with Crippen LogP contribution in [0.25, 0.3) is 0 Å². The van der Waals surface area contributed by atoms with E-state index in [4.69, 9.17) is 9.47 Å². The number of morpholine rings is 1. The molecule has 238 valence electrons. The van der Waals surface area contributed by atoms with Crippen molar-refractivity contribution in [1.82, 2.24) is 9.88 Å². The molecule has 0 unspecified atom stereocenters. The van der Waals surface area contributed by atoms with Crippen LogP contribution >= 0.6 is 11.3 Å². The summed E-state index contributed by atoms with van der Waals surface area (Å²) in [7, 11) is 0. The summed E-state index contributed by atoms with van der Waals surface area (Å²) in [5.41, 5.74) is 1.42. The van der Waals surface area contributed by atoms with Gasteiger partial charge in [-0.1, -0.05) is 18.8 Å². The van der Waals surface area contributed by atoms with Gasteiger partial charge in [-0.05, 0) is 95.8 Å². The van der Waals surface area contributed by atoms with Gasteiger partial charge >= 0.3 is 5.97 Å². The molecule has 9 heteroatoms. The van der Waals surface area contributed by atoms with Gasteiger partial charge in [0.05, 0.1) is 36.1 Å². The molecule has 1 N–H and O–H groups in total. The molecule has 0 bridgehead atoms. The lowest BCUT2D eigenvalue weighted by Crippen LogP contribution is -2.47. The van der Waals surface area contributed by atoms with Crippen LogP contribution in [0.1, 0.15) is 99.2 Å². The molecule has 2 saturated carbocycles. The maximum absolute atomic E-state index is 14.2. The maximum Gasteiger partial charge on any atom is 0.348 e. The number of hydrogen-bond donors (Lipinski definition) is 1. The number of carboxylic acid groups (broad SMARTS) is 1. The molecule has 2 aliphatic carbocycles. The number of carbonyl (C=O) groups excluding carboxylic acids is 1. The number of thiophene rings is 1. The highest BCUT2D eigenvalue weighted by molar-refractivity contribution is 7.15. The molecule has 1 amide bonds. The van der Waals surface area contributed by atoms with Gasteiger partial charge in [0.15, 0.2) is 0 Å². The van der Waals surface area contributed by atoms with Crippen molar-refractivity contribution in [3.8, 4) is 17.6 Å². The Morgan fingerprint density at radius 2 is 1.77 bits per heavy atom. The molecule has 0 aromatic carbocycles. The molecule has 2 aromatic rings. The second-order valence-electron chi connectivity index (χ2n) is 13.8. The number of rotatable bonds is 8. The number of ether oxygens (including phenoxy) is 2. The molecule has 44 heavy (non-hydrogen) atoms. The molecule has 0 spiro atoms. The lowest BCUT2D eigenvalue weighted by Gasteiger charge is -2.39. The first-order valence-corrected chi connectivity index (χ1v) is 17.0. The largest absolute Gasteiger partial charge is 0.489 e. The summed E-state index contributed by atoms with van der Waals surface area (Å²) < 4.78 is 11.9. The summed E-state index contributed by atoms with van der Waals surface area (Å²) in [6.07, 6.45) is 10.5. The van der Waals surface area contributed by atoms with E-state index in [0.717, 1.165) is 95.5 Å². The van der Waals surface area contributed by atoms with Gasteiger partial charge in [0, 0.05) is 43.2 Å². The summed E-state index contributed by atoms with van der Waals surface area (Å²) in [4.78, 5) is 36.2. The minimum atomic E-state index is -1.01. The Labute approximate surface area is 266 Å². The topological polar surface area (TPSA) is 92.2 Å². The summed E-state index contributed by atoms with van der Waals surface area (Å²) in [5, 5.41) is 10.2. The second kappa shape index (κ2) is 14.4. The van der Waals surface area contributed by atoms with E-state index in [1.165, 1.54) is 11.3 Å². The van der Waals surface area contributed by atoms with Crippen molar-refractivity contribution in [1.29, 1.82) is 0 Å². The highest BCUT2D eigenvalue weighted by atomic mass is 32.1. The van der Waals surface area contributed by atoms with Gasteiger partial charge in [-0.15, -0.1) is 11.3 Å². The van der Waals surface area contributed by atoms with Crippen LogP contribution in [0.4, 0.5) is 5.69 Å². The van der Waals surface area contributed by atoms with Gasteiger partial charge in [-0.25, -0.2) is 4.79 Å². The Morgan fingerprint density at radius 1 is 1.07 bits per heavy atom. The normalized spacial score (nSPS) is 24.6. The minimum Gasteiger partial charge on any atom is -0.489 e. The first-order chi connectivity index (χ1) is 21.1. The van der Waals surface area contributed by atoms with E-state index in [1.807, 2.05) is 37.9 Å². The Balaban J connectivity index is 1.32. The smallest absolute Gasteiger partial charge is 0.348 e. The third-order valence-electron chi connectivity index (χ3n) is 8.92. The first kappa shape index (κ1) is 32.5. The molecule has 3 heterocycles. The zero-order valence-electron chi connectivity index (χ0n) is 26.6. The number of hydrogen-bond acceptors (Lipinski definition) is 7. The molecule has 3 aliphatic rings. The van der Waals surface area contributed by atoms with Crippen LogP contribution in [-0.4, -0.2) is 65.3 Å². The molecule has 2 aromatic heterocycles. The monoisotopic (exact) mass is 621 g/mol.